The lowest BCUT2D eigenvalue weighted by Gasteiger charge is -2.11. The minimum absolute atomic E-state index is 0.193. The molecule has 2 aromatic heterocycles. The van der Waals surface area contributed by atoms with Crippen molar-refractivity contribution in [2.75, 3.05) is 5.32 Å². The van der Waals surface area contributed by atoms with E-state index >= 15 is 0 Å². The molecule has 140 valence electrons. The Morgan fingerprint density at radius 1 is 1.11 bits per heavy atom. The van der Waals surface area contributed by atoms with Gasteiger partial charge in [-0.05, 0) is 19.1 Å². The van der Waals surface area contributed by atoms with Gasteiger partial charge in [0.2, 0.25) is 0 Å². The van der Waals surface area contributed by atoms with Gasteiger partial charge in [-0.15, -0.1) is 22.7 Å². The first-order valence-corrected chi connectivity index (χ1v) is 10.4. The van der Waals surface area contributed by atoms with Crippen LogP contribution in [0.1, 0.15) is 21.1 Å². The van der Waals surface area contributed by atoms with Crippen molar-refractivity contribution in [3.63, 3.8) is 0 Å². The maximum absolute atomic E-state index is 12.9. The summed E-state index contributed by atoms with van der Waals surface area (Å²) in [7, 11) is 0. The van der Waals surface area contributed by atoms with Gasteiger partial charge in [0.05, 0.1) is 22.6 Å². The molecular formula is C21H17N3O2S2. The topological polar surface area (TPSA) is 64.1 Å². The second-order valence-electron chi connectivity index (χ2n) is 6.02. The fourth-order valence-electron chi connectivity index (χ4n) is 2.65. The summed E-state index contributed by atoms with van der Waals surface area (Å²) < 4.78 is 5.84. The maximum atomic E-state index is 12.9. The van der Waals surface area contributed by atoms with E-state index in [4.69, 9.17) is 4.74 Å². The molecule has 0 saturated carbocycles. The van der Waals surface area contributed by atoms with Crippen molar-refractivity contribution in [1.29, 1.82) is 0 Å². The SMILES string of the molecule is Cc1nc(-c2ccccc2)sc1C(=O)Nc1ccccc1OCc1cscn1. The number of carbonyl (C=O) groups is 1. The minimum Gasteiger partial charge on any atom is -0.485 e. The van der Waals surface area contributed by atoms with Crippen molar-refractivity contribution in [1.82, 2.24) is 9.97 Å². The monoisotopic (exact) mass is 407 g/mol. The van der Waals surface area contributed by atoms with Gasteiger partial charge in [-0.2, -0.15) is 0 Å². The van der Waals surface area contributed by atoms with Crippen LogP contribution in [0.3, 0.4) is 0 Å². The first-order valence-electron chi connectivity index (χ1n) is 8.64. The Morgan fingerprint density at radius 3 is 2.68 bits per heavy atom. The molecule has 0 aliphatic heterocycles. The first kappa shape index (κ1) is 18.3. The number of amides is 1. The Hall–Kier alpha value is -3.03. The molecular weight excluding hydrogens is 390 g/mol. The van der Waals surface area contributed by atoms with Crippen LogP contribution in [0, 0.1) is 6.92 Å². The molecule has 0 radical (unpaired) electrons. The lowest BCUT2D eigenvalue weighted by molar-refractivity contribution is 0.102. The summed E-state index contributed by atoms with van der Waals surface area (Å²) in [5.41, 5.74) is 4.96. The number of ether oxygens (including phenoxy) is 1. The van der Waals surface area contributed by atoms with Gasteiger partial charge in [0.25, 0.3) is 5.91 Å². The van der Waals surface area contributed by atoms with E-state index in [0.29, 0.717) is 28.6 Å². The highest BCUT2D eigenvalue weighted by molar-refractivity contribution is 7.17. The quantitative estimate of drug-likeness (QED) is 0.464. The Kier molecular flexibility index (Phi) is 5.45. The molecule has 28 heavy (non-hydrogen) atoms. The van der Waals surface area contributed by atoms with Crippen LogP contribution >= 0.6 is 22.7 Å². The average molecular weight is 408 g/mol. The fraction of sp³-hybridized carbons (Fsp3) is 0.0952. The van der Waals surface area contributed by atoms with Crippen LogP contribution in [0.2, 0.25) is 0 Å². The van der Waals surface area contributed by atoms with Crippen molar-refractivity contribution in [2.45, 2.75) is 13.5 Å². The van der Waals surface area contributed by atoms with Crippen LogP contribution in [0.4, 0.5) is 5.69 Å². The van der Waals surface area contributed by atoms with Gasteiger partial charge < -0.3 is 10.1 Å². The highest BCUT2D eigenvalue weighted by Crippen LogP contribution is 2.30. The van der Waals surface area contributed by atoms with Gasteiger partial charge in [-0.1, -0.05) is 42.5 Å². The number of hydrogen-bond acceptors (Lipinski definition) is 6. The van der Waals surface area contributed by atoms with Gasteiger partial charge in [0.1, 0.15) is 22.2 Å². The molecule has 0 bridgehead atoms. The van der Waals surface area contributed by atoms with Gasteiger partial charge in [-0.3, -0.25) is 4.79 Å². The molecule has 0 aliphatic carbocycles. The van der Waals surface area contributed by atoms with E-state index in [0.717, 1.165) is 16.3 Å². The molecule has 0 spiro atoms. The normalized spacial score (nSPS) is 10.6. The second kappa shape index (κ2) is 8.33. The van der Waals surface area contributed by atoms with Gasteiger partial charge in [0, 0.05) is 10.9 Å². The fourth-order valence-corrected chi connectivity index (χ4v) is 4.16. The third kappa shape index (κ3) is 4.11. The molecule has 0 unspecified atom stereocenters. The van der Waals surface area contributed by atoms with Crippen molar-refractivity contribution in [3.8, 4) is 16.3 Å². The molecule has 1 N–H and O–H groups in total. The smallest absolute Gasteiger partial charge is 0.267 e. The highest BCUT2D eigenvalue weighted by Gasteiger charge is 2.17. The molecule has 4 rings (SSSR count). The summed E-state index contributed by atoms with van der Waals surface area (Å²) in [4.78, 5) is 22.2. The molecule has 1 amide bonds. The molecule has 0 aliphatic rings. The number of nitrogens with one attached hydrogen (secondary N) is 1. The number of anilines is 1. The third-order valence-corrected chi connectivity index (χ3v) is 5.86. The number of rotatable bonds is 6. The Morgan fingerprint density at radius 2 is 1.89 bits per heavy atom. The number of benzene rings is 2. The van der Waals surface area contributed by atoms with E-state index in [2.05, 4.69) is 15.3 Å². The Balaban J connectivity index is 1.52. The largest absolute Gasteiger partial charge is 0.485 e. The van der Waals surface area contributed by atoms with Gasteiger partial charge >= 0.3 is 0 Å². The number of para-hydroxylation sites is 2. The standard InChI is InChI=1S/C21H17N3O2S2/c1-14-19(28-21(23-14)15-7-3-2-4-8-15)20(25)24-17-9-5-6-10-18(17)26-11-16-12-27-13-22-16/h2-10,12-13H,11H2,1H3,(H,24,25). The average Bonchev–Trinajstić information content (AvgIpc) is 3.37. The van der Waals surface area contributed by atoms with E-state index in [1.54, 1.807) is 5.51 Å². The molecule has 0 fully saturated rings. The van der Waals surface area contributed by atoms with Crippen LogP contribution in [0.15, 0.2) is 65.5 Å². The van der Waals surface area contributed by atoms with Crippen molar-refractivity contribution in [3.05, 3.63) is 81.8 Å². The van der Waals surface area contributed by atoms with Crippen molar-refractivity contribution in [2.24, 2.45) is 0 Å². The Bertz CT molecular complexity index is 1080. The minimum atomic E-state index is -0.193. The maximum Gasteiger partial charge on any atom is 0.267 e. The van der Waals surface area contributed by atoms with Gasteiger partial charge in [-0.25, -0.2) is 9.97 Å². The number of aromatic nitrogens is 2. The lowest BCUT2D eigenvalue weighted by Crippen LogP contribution is -2.12. The molecule has 7 heteroatoms. The number of nitrogens with zero attached hydrogens (tertiary/aromatic N) is 2. The first-order chi connectivity index (χ1) is 13.7. The summed E-state index contributed by atoms with van der Waals surface area (Å²) in [6, 6.07) is 17.2. The number of hydrogen-bond donors (Lipinski definition) is 1. The summed E-state index contributed by atoms with van der Waals surface area (Å²) in [6.45, 7) is 2.20. The van der Waals surface area contributed by atoms with Crippen molar-refractivity contribution >= 4 is 34.3 Å². The van der Waals surface area contributed by atoms with E-state index in [1.165, 1.54) is 22.7 Å². The van der Waals surface area contributed by atoms with Crippen LogP contribution in [0.5, 0.6) is 5.75 Å². The van der Waals surface area contributed by atoms with E-state index in [1.807, 2.05) is 66.9 Å². The van der Waals surface area contributed by atoms with E-state index in [9.17, 15) is 4.79 Å². The molecule has 0 saturated heterocycles. The zero-order chi connectivity index (χ0) is 19.3. The van der Waals surface area contributed by atoms with Crippen LogP contribution < -0.4 is 10.1 Å². The molecule has 2 heterocycles. The van der Waals surface area contributed by atoms with Crippen LogP contribution in [-0.2, 0) is 6.61 Å². The molecule has 4 aromatic rings. The van der Waals surface area contributed by atoms with Crippen LogP contribution in [-0.4, -0.2) is 15.9 Å². The predicted molar refractivity (Wildman–Crippen MR) is 113 cm³/mol. The highest BCUT2D eigenvalue weighted by atomic mass is 32.1. The number of thiazole rings is 2. The molecule has 0 atom stereocenters. The molecule has 5 nitrogen and oxygen atoms in total. The van der Waals surface area contributed by atoms with E-state index in [-0.39, 0.29) is 5.91 Å². The summed E-state index contributed by atoms with van der Waals surface area (Å²) in [6.07, 6.45) is 0. The zero-order valence-corrected chi connectivity index (χ0v) is 16.7. The Labute approximate surface area is 170 Å². The predicted octanol–water partition coefficient (Wildman–Crippen LogP) is 5.41. The summed E-state index contributed by atoms with van der Waals surface area (Å²) in [5.74, 6) is 0.413. The second-order valence-corrected chi connectivity index (χ2v) is 7.74. The summed E-state index contributed by atoms with van der Waals surface area (Å²) in [5, 5.41) is 5.72. The third-order valence-electron chi connectivity index (χ3n) is 4.02. The van der Waals surface area contributed by atoms with Gasteiger partial charge in [0.15, 0.2) is 0 Å². The molecule has 2 aromatic carbocycles. The number of aryl methyl sites for hydroxylation is 1. The number of carbonyl (C=O) groups excluding carboxylic acids is 1. The van der Waals surface area contributed by atoms with Crippen LogP contribution in [0.25, 0.3) is 10.6 Å². The summed E-state index contributed by atoms with van der Waals surface area (Å²) >= 11 is 2.91. The zero-order valence-electron chi connectivity index (χ0n) is 15.1. The van der Waals surface area contributed by atoms with Crippen molar-refractivity contribution < 1.29 is 9.53 Å². The lowest BCUT2D eigenvalue weighted by atomic mass is 10.2. The van der Waals surface area contributed by atoms with E-state index < -0.39 is 0 Å².